The summed E-state index contributed by atoms with van der Waals surface area (Å²) in [6, 6.07) is 3.02. The number of hydrogen-bond acceptors (Lipinski definition) is 3. The number of rotatable bonds is 6. The molecule has 0 spiro atoms. The van der Waals surface area contributed by atoms with Crippen LogP contribution in [0.4, 0.5) is 0 Å². The lowest BCUT2D eigenvalue weighted by atomic mass is 10.2. The van der Waals surface area contributed by atoms with E-state index in [1.807, 2.05) is 17.9 Å². The minimum Gasteiger partial charge on any atom is -0.308 e. The number of likely N-dealkylation sites (N-methyl/N-ethyl adjacent to an activating group) is 1. The zero-order valence-corrected chi connectivity index (χ0v) is 11.1. The van der Waals surface area contributed by atoms with Gasteiger partial charge in [-0.15, -0.1) is 0 Å². The lowest BCUT2D eigenvalue weighted by Crippen LogP contribution is -2.34. The van der Waals surface area contributed by atoms with Crippen LogP contribution in [0.15, 0.2) is 12.3 Å². The third kappa shape index (κ3) is 3.61. The van der Waals surface area contributed by atoms with E-state index in [-0.39, 0.29) is 0 Å². The Morgan fingerprint density at radius 3 is 2.62 bits per heavy atom. The summed E-state index contributed by atoms with van der Waals surface area (Å²) in [4.78, 5) is 2.34. The van der Waals surface area contributed by atoms with E-state index in [4.69, 9.17) is 0 Å². The Bertz CT molecular complexity index is 306. The first-order valence-corrected chi connectivity index (χ1v) is 5.94. The third-order valence-electron chi connectivity index (χ3n) is 3.10. The van der Waals surface area contributed by atoms with Crippen molar-refractivity contribution in [3.63, 3.8) is 0 Å². The SMILES string of the molecule is CC(NCCN(C)C(C)C)c1ccnn1C. The number of aromatic nitrogens is 2. The molecule has 0 aliphatic heterocycles. The number of aryl methyl sites for hydroxylation is 1. The topological polar surface area (TPSA) is 33.1 Å². The molecule has 1 rings (SSSR count). The fourth-order valence-electron chi connectivity index (χ4n) is 1.63. The summed E-state index contributed by atoms with van der Waals surface area (Å²) < 4.78 is 1.92. The molecule has 92 valence electrons. The van der Waals surface area contributed by atoms with Crippen molar-refractivity contribution in [1.29, 1.82) is 0 Å². The van der Waals surface area contributed by atoms with Crippen molar-refractivity contribution < 1.29 is 0 Å². The predicted octanol–water partition coefficient (Wildman–Crippen LogP) is 1.41. The Hall–Kier alpha value is -0.870. The largest absolute Gasteiger partial charge is 0.308 e. The molecule has 1 N–H and O–H groups in total. The van der Waals surface area contributed by atoms with Crippen LogP contribution < -0.4 is 5.32 Å². The van der Waals surface area contributed by atoms with Gasteiger partial charge in [0.15, 0.2) is 0 Å². The van der Waals surface area contributed by atoms with Gasteiger partial charge in [0, 0.05) is 38.4 Å². The fourth-order valence-corrected chi connectivity index (χ4v) is 1.63. The molecule has 4 nitrogen and oxygen atoms in total. The standard InChI is InChI=1S/C12H24N4/c1-10(2)15(4)9-8-13-11(3)12-6-7-14-16(12)5/h6-7,10-11,13H,8-9H2,1-5H3. The molecule has 0 radical (unpaired) electrons. The van der Waals surface area contributed by atoms with Crippen LogP contribution in [-0.2, 0) is 7.05 Å². The molecular formula is C12H24N4. The van der Waals surface area contributed by atoms with Crippen molar-refractivity contribution in [3.8, 4) is 0 Å². The van der Waals surface area contributed by atoms with E-state index in [1.54, 1.807) is 0 Å². The second-order valence-electron chi connectivity index (χ2n) is 4.63. The van der Waals surface area contributed by atoms with E-state index >= 15 is 0 Å². The van der Waals surface area contributed by atoms with Gasteiger partial charge in [-0.25, -0.2) is 0 Å². The Balaban J connectivity index is 2.31. The molecule has 16 heavy (non-hydrogen) atoms. The van der Waals surface area contributed by atoms with Gasteiger partial charge in [-0.1, -0.05) is 0 Å². The highest BCUT2D eigenvalue weighted by Crippen LogP contribution is 2.09. The van der Waals surface area contributed by atoms with E-state index in [0.717, 1.165) is 13.1 Å². The minimum absolute atomic E-state index is 0.355. The summed E-state index contributed by atoms with van der Waals surface area (Å²) in [7, 11) is 4.13. The highest BCUT2D eigenvalue weighted by atomic mass is 15.3. The lowest BCUT2D eigenvalue weighted by Gasteiger charge is -2.22. The Morgan fingerprint density at radius 1 is 1.44 bits per heavy atom. The van der Waals surface area contributed by atoms with Crippen molar-refractivity contribution in [2.45, 2.75) is 32.9 Å². The summed E-state index contributed by atoms with van der Waals surface area (Å²) in [5, 5.41) is 7.68. The Labute approximate surface area is 98.6 Å². The highest BCUT2D eigenvalue weighted by Gasteiger charge is 2.09. The molecule has 0 bridgehead atoms. The van der Waals surface area contributed by atoms with Gasteiger partial charge < -0.3 is 10.2 Å². The van der Waals surface area contributed by atoms with Gasteiger partial charge in [0.05, 0.1) is 5.69 Å². The van der Waals surface area contributed by atoms with Crippen molar-refractivity contribution in [2.24, 2.45) is 7.05 Å². The summed E-state index contributed by atoms with van der Waals surface area (Å²) in [6.07, 6.45) is 1.84. The first-order chi connectivity index (χ1) is 7.52. The van der Waals surface area contributed by atoms with Crippen molar-refractivity contribution in [1.82, 2.24) is 20.0 Å². The zero-order chi connectivity index (χ0) is 12.1. The smallest absolute Gasteiger partial charge is 0.0547 e. The molecule has 4 heteroatoms. The van der Waals surface area contributed by atoms with E-state index in [9.17, 15) is 0 Å². The summed E-state index contributed by atoms with van der Waals surface area (Å²) in [5.41, 5.74) is 1.23. The number of nitrogens with zero attached hydrogens (tertiary/aromatic N) is 3. The number of hydrogen-bond donors (Lipinski definition) is 1. The summed E-state index contributed by atoms with van der Waals surface area (Å²) in [5.74, 6) is 0. The lowest BCUT2D eigenvalue weighted by molar-refractivity contribution is 0.269. The molecule has 0 fully saturated rings. The van der Waals surface area contributed by atoms with E-state index in [1.165, 1.54) is 5.69 Å². The highest BCUT2D eigenvalue weighted by molar-refractivity contribution is 5.05. The van der Waals surface area contributed by atoms with E-state index in [2.05, 4.69) is 49.2 Å². The predicted molar refractivity (Wildman–Crippen MR) is 67.4 cm³/mol. The normalized spacial score (nSPS) is 13.7. The van der Waals surface area contributed by atoms with Crippen LogP contribution in [0, 0.1) is 0 Å². The second-order valence-corrected chi connectivity index (χ2v) is 4.63. The van der Waals surface area contributed by atoms with E-state index < -0.39 is 0 Å². The maximum absolute atomic E-state index is 4.18. The van der Waals surface area contributed by atoms with Crippen LogP contribution in [0.2, 0.25) is 0 Å². The van der Waals surface area contributed by atoms with Crippen LogP contribution in [0.25, 0.3) is 0 Å². The molecule has 1 aromatic rings. The summed E-state index contributed by atoms with van der Waals surface area (Å²) in [6.45, 7) is 8.67. The van der Waals surface area contributed by atoms with Gasteiger partial charge >= 0.3 is 0 Å². The quantitative estimate of drug-likeness (QED) is 0.793. The molecular weight excluding hydrogens is 200 g/mol. The minimum atomic E-state index is 0.355. The molecule has 0 saturated heterocycles. The summed E-state index contributed by atoms with van der Waals surface area (Å²) >= 11 is 0. The van der Waals surface area contributed by atoms with Crippen molar-refractivity contribution >= 4 is 0 Å². The molecule has 0 aliphatic carbocycles. The van der Waals surface area contributed by atoms with Gasteiger partial charge in [0.1, 0.15) is 0 Å². The van der Waals surface area contributed by atoms with Crippen molar-refractivity contribution in [2.75, 3.05) is 20.1 Å². The molecule has 0 aromatic carbocycles. The molecule has 0 amide bonds. The van der Waals surface area contributed by atoms with Crippen molar-refractivity contribution in [3.05, 3.63) is 18.0 Å². The average molecular weight is 224 g/mol. The third-order valence-corrected chi connectivity index (χ3v) is 3.10. The molecule has 1 unspecified atom stereocenters. The van der Waals surface area contributed by atoms with Crippen LogP contribution in [0.1, 0.15) is 32.5 Å². The Morgan fingerprint density at radius 2 is 2.12 bits per heavy atom. The maximum Gasteiger partial charge on any atom is 0.0547 e. The van der Waals surface area contributed by atoms with Gasteiger partial charge in [0.2, 0.25) is 0 Å². The molecule has 0 aliphatic rings. The monoisotopic (exact) mass is 224 g/mol. The number of nitrogens with one attached hydrogen (secondary N) is 1. The van der Waals surface area contributed by atoms with Crippen LogP contribution in [0.5, 0.6) is 0 Å². The van der Waals surface area contributed by atoms with Gasteiger partial charge in [-0.2, -0.15) is 5.10 Å². The molecule has 1 atom stereocenters. The van der Waals surface area contributed by atoms with Gasteiger partial charge in [-0.3, -0.25) is 4.68 Å². The molecule has 1 heterocycles. The first kappa shape index (κ1) is 13.2. The maximum atomic E-state index is 4.18. The van der Waals surface area contributed by atoms with Gasteiger partial charge in [-0.05, 0) is 33.9 Å². The van der Waals surface area contributed by atoms with Gasteiger partial charge in [0.25, 0.3) is 0 Å². The molecule has 0 saturated carbocycles. The first-order valence-electron chi connectivity index (χ1n) is 5.94. The zero-order valence-electron chi connectivity index (χ0n) is 11.1. The van der Waals surface area contributed by atoms with E-state index in [0.29, 0.717) is 12.1 Å². The second kappa shape index (κ2) is 6.01. The fraction of sp³-hybridized carbons (Fsp3) is 0.750. The average Bonchev–Trinajstić information content (AvgIpc) is 2.64. The Kier molecular flexibility index (Phi) is 4.96. The van der Waals surface area contributed by atoms with Crippen LogP contribution in [0.3, 0.4) is 0 Å². The molecule has 1 aromatic heterocycles. The van der Waals surface area contributed by atoms with Crippen LogP contribution >= 0.6 is 0 Å². The van der Waals surface area contributed by atoms with Crippen LogP contribution in [-0.4, -0.2) is 40.9 Å².